The maximum Gasteiger partial charge on any atom is 0.362 e. The van der Waals surface area contributed by atoms with Crippen molar-refractivity contribution in [1.29, 1.82) is 0 Å². The van der Waals surface area contributed by atoms with Gasteiger partial charge in [0, 0.05) is 5.57 Å². The molecule has 5 nitrogen and oxygen atoms in total. The lowest BCUT2D eigenvalue weighted by Crippen LogP contribution is -2.09. The van der Waals surface area contributed by atoms with E-state index in [0.717, 1.165) is 16.7 Å². The van der Waals surface area contributed by atoms with Crippen molar-refractivity contribution >= 4 is 17.1 Å². The van der Waals surface area contributed by atoms with Gasteiger partial charge in [-0.1, -0.05) is 60.7 Å². The third-order valence-corrected chi connectivity index (χ3v) is 3.82. The van der Waals surface area contributed by atoms with Crippen molar-refractivity contribution < 1.29 is 14.6 Å². The molecule has 0 fully saturated rings. The molecule has 0 aliphatic carbocycles. The minimum absolute atomic E-state index is 0.174. The number of hydrogen-bond donors (Lipinski definition) is 1. The second kappa shape index (κ2) is 7.57. The van der Waals surface area contributed by atoms with Crippen molar-refractivity contribution in [2.75, 3.05) is 13.2 Å². The van der Waals surface area contributed by atoms with Crippen LogP contribution in [0, 0.1) is 0 Å². The molecule has 0 unspecified atom stereocenters. The molecule has 1 heterocycles. The molecule has 1 aliphatic rings. The monoisotopic (exact) mass is 334 g/mol. The van der Waals surface area contributed by atoms with Gasteiger partial charge < -0.3 is 9.84 Å². The Balaban J connectivity index is 2.24. The SMILES string of the molecule is CCOC(=O)C1=C(O)C(c2ccccc2)=C(c2ccccc2)CN=N1. The van der Waals surface area contributed by atoms with Gasteiger partial charge in [-0.2, -0.15) is 5.11 Å². The van der Waals surface area contributed by atoms with Crippen LogP contribution in [0.5, 0.6) is 0 Å². The van der Waals surface area contributed by atoms with Crippen LogP contribution in [0.3, 0.4) is 0 Å². The summed E-state index contributed by atoms with van der Waals surface area (Å²) >= 11 is 0. The van der Waals surface area contributed by atoms with Gasteiger partial charge in [-0.25, -0.2) is 4.79 Å². The van der Waals surface area contributed by atoms with Crippen LogP contribution >= 0.6 is 0 Å². The Bertz CT molecular complexity index is 853. The van der Waals surface area contributed by atoms with Crippen molar-refractivity contribution in [3.63, 3.8) is 0 Å². The molecule has 0 radical (unpaired) electrons. The summed E-state index contributed by atoms with van der Waals surface area (Å²) in [6.07, 6.45) is 0. The summed E-state index contributed by atoms with van der Waals surface area (Å²) in [7, 11) is 0. The predicted molar refractivity (Wildman–Crippen MR) is 95.7 cm³/mol. The fourth-order valence-corrected chi connectivity index (χ4v) is 2.69. The van der Waals surface area contributed by atoms with Crippen molar-refractivity contribution in [2.45, 2.75) is 6.92 Å². The minimum atomic E-state index is -0.688. The fourth-order valence-electron chi connectivity index (χ4n) is 2.69. The average molecular weight is 334 g/mol. The van der Waals surface area contributed by atoms with Gasteiger partial charge >= 0.3 is 5.97 Å². The number of carbonyl (C=O) groups is 1. The number of ether oxygens (including phenoxy) is 1. The molecule has 1 N–H and O–H groups in total. The maximum atomic E-state index is 12.2. The van der Waals surface area contributed by atoms with Gasteiger partial charge in [0.2, 0.25) is 5.70 Å². The Morgan fingerprint density at radius 3 is 2.24 bits per heavy atom. The predicted octanol–water partition coefficient (Wildman–Crippen LogP) is 4.40. The van der Waals surface area contributed by atoms with Crippen molar-refractivity contribution in [3.05, 3.63) is 83.2 Å². The Morgan fingerprint density at radius 2 is 1.64 bits per heavy atom. The molecule has 0 saturated heterocycles. The van der Waals surface area contributed by atoms with Crippen LogP contribution in [-0.2, 0) is 9.53 Å². The first-order valence-corrected chi connectivity index (χ1v) is 8.04. The summed E-state index contributed by atoms with van der Waals surface area (Å²) < 4.78 is 5.00. The van der Waals surface area contributed by atoms with Crippen LogP contribution in [0.25, 0.3) is 11.1 Å². The van der Waals surface area contributed by atoms with E-state index in [1.54, 1.807) is 6.92 Å². The molecule has 0 bridgehead atoms. The third kappa shape index (κ3) is 3.50. The number of carbonyl (C=O) groups excluding carboxylic acids is 1. The highest BCUT2D eigenvalue weighted by Crippen LogP contribution is 2.35. The molecule has 2 aromatic rings. The van der Waals surface area contributed by atoms with E-state index in [1.807, 2.05) is 60.7 Å². The standard InChI is InChI=1S/C20H18N2O3/c1-2-25-20(24)18-19(23)17(15-11-7-4-8-12-15)16(13-21-22-18)14-9-5-3-6-10-14/h3-12,23H,2,13H2,1H3. The first-order chi connectivity index (χ1) is 12.2. The fraction of sp³-hybridized carbons (Fsp3) is 0.150. The molecule has 126 valence electrons. The quantitative estimate of drug-likeness (QED) is 0.843. The zero-order valence-electron chi connectivity index (χ0n) is 13.8. The second-order valence-electron chi connectivity index (χ2n) is 5.40. The second-order valence-corrected chi connectivity index (χ2v) is 5.40. The molecule has 0 atom stereocenters. The zero-order valence-corrected chi connectivity index (χ0v) is 13.8. The first kappa shape index (κ1) is 16.6. The number of aliphatic hydroxyl groups is 1. The van der Waals surface area contributed by atoms with E-state index in [4.69, 9.17) is 4.74 Å². The van der Waals surface area contributed by atoms with E-state index >= 15 is 0 Å². The Morgan fingerprint density at radius 1 is 1.04 bits per heavy atom. The van der Waals surface area contributed by atoms with Crippen LogP contribution in [-0.4, -0.2) is 24.2 Å². The molecular weight excluding hydrogens is 316 g/mol. The number of esters is 1. The molecule has 1 aliphatic heterocycles. The Kier molecular flexibility index (Phi) is 5.04. The van der Waals surface area contributed by atoms with Crippen LogP contribution in [0.15, 0.2) is 82.3 Å². The van der Waals surface area contributed by atoms with Gasteiger partial charge in [0.15, 0.2) is 5.76 Å². The minimum Gasteiger partial charge on any atom is -0.505 e. The smallest absolute Gasteiger partial charge is 0.362 e. The van der Waals surface area contributed by atoms with Gasteiger partial charge in [-0.3, -0.25) is 0 Å². The highest BCUT2D eigenvalue weighted by atomic mass is 16.5. The summed E-state index contributed by atoms with van der Waals surface area (Å²) in [4.78, 5) is 12.2. The molecular formula is C20H18N2O3. The topological polar surface area (TPSA) is 71.2 Å². The molecule has 25 heavy (non-hydrogen) atoms. The number of nitrogens with zero attached hydrogens (tertiary/aromatic N) is 2. The Labute approximate surface area is 146 Å². The third-order valence-electron chi connectivity index (χ3n) is 3.82. The van der Waals surface area contributed by atoms with Gasteiger partial charge in [0.05, 0.1) is 13.2 Å². The lowest BCUT2D eigenvalue weighted by molar-refractivity contribution is -0.138. The summed E-state index contributed by atoms with van der Waals surface area (Å²) in [6.45, 7) is 2.15. The number of allylic oxidation sites excluding steroid dienone is 1. The Hall–Kier alpha value is -3.21. The summed E-state index contributed by atoms with van der Waals surface area (Å²) in [5, 5.41) is 18.9. The molecule has 0 amide bonds. The van der Waals surface area contributed by atoms with E-state index < -0.39 is 5.97 Å². The van der Waals surface area contributed by atoms with Crippen molar-refractivity contribution in [3.8, 4) is 0 Å². The largest absolute Gasteiger partial charge is 0.505 e. The summed E-state index contributed by atoms with van der Waals surface area (Å²) in [5.74, 6) is -0.906. The lowest BCUT2D eigenvalue weighted by Gasteiger charge is -2.14. The van der Waals surface area contributed by atoms with Gasteiger partial charge in [-0.05, 0) is 23.6 Å². The van der Waals surface area contributed by atoms with E-state index in [9.17, 15) is 9.90 Å². The van der Waals surface area contributed by atoms with E-state index in [2.05, 4.69) is 10.2 Å². The molecule has 3 rings (SSSR count). The highest BCUT2D eigenvalue weighted by molar-refractivity contribution is 6.02. The molecule has 0 spiro atoms. The van der Waals surface area contributed by atoms with Crippen LogP contribution in [0.2, 0.25) is 0 Å². The maximum absolute atomic E-state index is 12.2. The number of aliphatic hydroxyl groups excluding tert-OH is 1. The van der Waals surface area contributed by atoms with Gasteiger partial charge in [0.25, 0.3) is 0 Å². The van der Waals surface area contributed by atoms with E-state index in [1.165, 1.54) is 0 Å². The van der Waals surface area contributed by atoms with Crippen LogP contribution in [0.1, 0.15) is 18.1 Å². The number of benzene rings is 2. The molecule has 0 aromatic heterocycles. The zero-order chi connectivity index (χ0) is 17.6. The van der Waals surface area contributed by atoms with E-state index in [-0.39, 0.29) is 24.6 Å². The van der Waals surface area contributed by atoms with Crippen molar-refractivity contribution in [1.82, 2.24) is 0 Å². The summed E-state index contributed by atoms with van der Waals surface area (Å²) in [6, 6.07) is 19.0. The van der Waals surface area contributed by atoms with Gasteiger partial charge in [-0.15, -0.1) is 5.11 Å². The molecule has 2 aromatic carbocycles. The summed E-state index contributed by atoms with van der Waals surface area (Å²) in [5.41, 5.74) is 2.86. The highest BCUT2D eigenvalue weighted by Gasteiger charge is 2.25. The number of azo groups is 1. The molecule has 0 saturated carbocycles. The number of rotatable bonds is 4. The van der Waals surface area contributed by atoms with E-state index in [0.29, 0.717) is 5.57 Å². The van der Waals surface area contributed by atoms with Crippen LogP contribution < -0.4 is 0 Å². The van der Waals surface area contributed by atoms with Crippen molar-refractivity contribution in [2.24, 2.45) is 10.2 Å². The van der Waals surface area contributed by atoms with Crippen LogP contribution in [0.4, 0.5) is 0 Å². The average Bonchev–Trinajstić information content (AvgIpc) is 2.82. The lowest BCUT2D eigenvalue weighted by atomic mass is 9.92. The first-order valence-electron chi connectivity index (χ1n) is 8.04. The number of hydrogen-bond acceptors (Lipinski definition) is 5. The van der Waals surface area contributed by atoms with Gasteiger partial charge in [0.1, 0.15) is 0 Å². The molecule has 5 heteroatoms. The normalized spacial score (nSPS) is 14.4.